The van der Waals surface area contributed by atoms with Crippen LogP contribution in [-0.4, -0.2) is 17.7 Å². The maximum atomic E-state index is 13.5. The molecular weight excluding hydrogens is 472 g/mol. The third kappa shape index (κ3) is 6.21. The van der Waals surface area contributed by atoms with Crippen molar-refractivity contribution < 1.29 is 19.4 Å². The minimum Gasteiger partial charge on any atom is -0.507 e. The molecule has 2 aliphatic carbocycles. The Balaban J connectivity index is 1.49. The Morgan fingerprint density at radius 1 is 0.868 bits per heavy atom. The van der Waals surface area contributed by atoms with Gasteiger partial charge < -0.3 is 14.6 Å². The molecule has 0 spiro atoms. The van der Waals surface area contributed by atoms with Gasteiger partial charge in [-0.3, -0.25) is 4.79 Å². The van der Waals surface area contributed by atoms with Crippen LogP contribution in [-0.2, 0) is 4.79 Å². The van der Waals surface area contributed by atoms with E-state index in [9.17, 15) is 9.90 Å². The fourth-order valence-electron chi connectivity index (χ4n) is 5.59. The second kappa shape index (κ2) is 11.3. The number of phenols is 1. The van der Waals surface area contributed by atoms with Crippen molar-refractivity contribution >= 4 is 5.97 Å². The molecule has 0 aromatic heterocycles. The van der Waals surface area contributed by atoms with Gasteiger partial charge >= 0.3 is 5.97 Å². The molecule has 0 radical (unpaired) electrons. The van der Waals surface area contributed by atoms with Crippen LogP contribution in [0.25, 0.3) is 0 Å². The van der Waals surface area contributed by atoms with Crippen molar-refractivity contribution in [3.63, 3.8) is 0 Å². The van der Waals surface area contributed by atoms with Crippen LogP contribution >= 0.6 is 0 Å². The second-order valence-corrected chi connectivity index (χ2v) is 13.1. The number of aromatic hydroxyl groups is 1. The highest BCUT2D eigenvalue weighted by molar-refractivity contribution is 5.79. The average Bonchev–Trinajstić information content (AvgIpc) is 3.76. The predicted octanol–water partition coefficient (Wildman–Crippen LogP) is 9.07. The van der Waals surface area contributed by atoms with Crippen LogP contribution in [0.3, 0.4) is 0 Å². The van der Waals surface area contributed by atoms with E-state index in [4.69, 9.17) is 9.47 Å². The lowest BCUT2D eigenvalue weighted by atomic mass is 9.88. The molecule has 2 fully saturated rings. The third-order valence-electron chi connectivity index (χ3n) is 8.86. The Morgan fingerprint density at radius 2 is 1.45 bits per heavy atom. The van der Waals surface area contributed by atoms with E-state index in [1.165, 1.54) is 24.0 Å². The maximum Gasteiger partial charge on any atom is 0.317 e. The topological polar surface area (TPSA) is 55.8 Å². The molecule has 38 heavy (non-hydrogen) atoms. The lowest BCUT2D eigenvalue weighted by molar-refractivity contribution is -0.144. The van der Waals surface area contributed by atoms with Crippen LogP contribution in [0.15, 0.2) is 30.3 Å². The molecule has 4 nitrogen and oxygen atoms in total. The van der Waals surface area contributed by atoms with E-state index in [1.54, 1.807) is 0 Å². The first-order chi connectivity index (χ1) is 17.9. The Hall–Kier alpha value is -2.49. The van der Waals surface area contributed by atoms with Gasteiger partial charge in [0.2, 0.25) is 0 Å². The number of carbonyl (C=O) groups excluding carboxylic acids is 1. The van der Waals surface area contributed by atoms with Crippen molar-refractivity contribution in [1.82, 2.24) is 0 Å². The molecule has 0 heterocycles. The third-order valence-corrected chi connectivity index (χ3v) is 8.86. The van der Waals surface area contributed by atoms with Crippen LogP contribution < -0.4 is 9.47 Å². The molecule has 2 aromatic rings. The van der Waals surface area contributed by atoms with Gasteiger partial charge in [-0.25, -0.2) is 0 Å². The minimum atomic E-state index is -0.735. The van der Waals surface area contributed by atoms with Gasteiger partial charge in [-0.15, -0.1) is 0 Å². The molecular formula is C34H48O4. The Labute approximate surface area is 230 Å². The van der Waals surface area contributed by atoms with E-state index < -0.39 is 5.41 Å². The molecule has 0 unspecified atom stereocenters. The molecule has 0 saturated heterocycles. The summed E-state index contributed by atoms with van der Waals surface area (Å²) in [7, 11) is 0. The van der Waals surface area contributed by atoms with Gasteiger partial charge in [0.1, 0.15) is 17.2 Å². The molecule has 2 aliphatic rings. The molecule has 4 heteroatoms. The average molecular weight is 521 g/mol. The highest BCUT2D eigenvalue weighted by Crippen LogP contribution is 2.50. The first kappa shape index (κ1) is 28.5. The summed E-state index contributed by atoms with van der Waals surface area (Å²) in [5.41, 5.74) is 3.47. The van der Waals surface area contributed by atoms with Gasteiger partial charge in [0.05, 0.1) is 12.0 Å². The monoisotopic (exact) mass is 520 g/mol. The molecule has 2 atom stereocenters. The van der Waals surface area contributed by atoms with E-state index in [-0.39, 0.29) is 23.6 Å². The van der Waals surface area contributed by atoms with Crippen LogP contribution in [0.2, 0.25) is 0 Å². The normalized spacial score (nSPS) is 17.5. The lowest BCUT2D eigenvalue weighted by Crippen LogP contribution is -2.31. The van der Waals surface area contributed by atoms with Crippen molar-refractivity contribution in [2.75, 3.05) is 6.61 Å². The summed E-state index contributed by atoms with van der Waals surface area (Å²) >= 11 is 0. The molecule has 1 N–H and O–H groups in total. The quantitative estimate of drug-likeness (QED) is 0.224. The van der Waals surface area contributed by atoms with Crippen LogP contribution in [0.4, 0.5) is 0 Å². The standard InChI is InChI=1S/C34H48O4/c1-20(2)26-16-17-29(30(31(26)35)23(6)25-14-15-25)38-33(36)34(7,8)18-19-37-32-27(21(3)4)10-9-11-28(32)22(5)24-12-13-24/h9-11,16-17,20-25,35H,12-15,18-19H2,1-8H3/t22-,23-/m1/s1. The van der Waals surface area contributed by atoms with E-state index in [0.717, 1.165) is 35.6 Å². The van der Waals surface area contributed by atoms with Gasteiger partial charge in [-0.2, -0.15) is 0 Å². The fourth-order valence-corrected chi connectivity index (χ4v) is 5.59. The van der Waals surface area contributed by atoms with Crippen molar-refractivity contribution in [3.8, 4) is 17.2 Å². The molecule has 4 rings (SSSR count). The number of carbonyl (C=O) groups is 1. The van der Waals surface area contributed by atoms with E-state index in [2.05, 4.69) is 59.7 Å². The second-order valence-electron chi connectivity index (χ2n) is 13.1. The molecule has 0 aliphatic heterocycles. The van der Waals surface area contributed by atoms with Crippen LogP contribution in [0.5, 0.6) is 17.2 Å². The van der Waals surface area contributed by atoms with E-state index in [0.29, 0.717) is 36.5 Å². The number of hydrogen-bond donors (Lipinski definition) is 1. The van der Waals surface area contributed by atoms with E-state index >= 15 is 0 Å². The van der Waals surface area contributed by atoms with Crippen LogP contribution in [0, 0.1) is 17.3 Å². The Morgan fingerprint density at radius 3 is 2.03 bits per heavy atom. The molecule has 0 bridgehead atoms. The number of hydrogen-bond acceptors (Lipinski definition) is 4. The first-order valence-corrected chi connectivity index (χ1v) is 14.8. The Kier molecular flexibility index (Phi) is 8.49. The number of phenolic OH excluding ortho intramolecular Hbond substituents is 1. The van der Waals surface area contributed by atoms with Gasteiger partial charge in [0.25, 0.3) is 0 Å². The SMILES string of the molecule is CC(C)c1ccc(OC(=O)C(C)(C)CCOc2c(C(C)C)cccc2[C@H](C)C2CC2)c([C@H](C)C2CC2)c1O. The minimum absolute atomic E-state index is 0.155. The summed E-state index contributed by atoms with van der Waals surface area (Å²) in [6.07, 6.45) is 5.43. The van der Waals surface area contributed by atoms with Crippen molar-refractivity contribution in [3.05, 3.63) is 52.6 Å². The predicted molar refractivity (Wildman–Crippen MR) is 155 cm³/mol. The molecule has 208 valence electrons. The van der Waals surface area contributed by atoms with E-state index in [1.807, 2.05) is 26.0 Å². The van der Waals surface area contributed by atoms with Crippen molar-refractivity contribution in [1.29, 1.82) is 0 Å². The smallest absolute Gasteiger partial charge is 0.317 e. The summed E-state index contributed by atoms with van der Waals surface area (Å²) in [5, 5.41) is 11.1. The molecule has 2 saturated carbocycles. The number of para-hydroxylation sites is 1. The summed E-state index contributed by atoms with van der Waals surface area (Å²) in [6.45, 7) is 17.3. The highest BCUT2D eigenvalue weighted by atomic mass is 16.5. The lowest BCUT2D eigenvalue weighted by Gasteiger charge is -2.26. The van der Waals surface area contributed by atoms with Gasteiger partial charge in [0.15, 0.2) is 0 Å². The number of esters is 1. The number of rotatable bonds is 12. The van der Waals surface area contributed by atoms with Gasteiger partial charge in [-0.1, -0.05) is 65.8 Å². The maximum absolute atomic E-state index is 13.5. The highest BCUT2D eigenvalue weighted by Gasteiger charge is 2.36. The van der Waals surface area contributed by atoms with Crippen molar-refractivity contribution in [2.24, 2.45) is 17.3 Å². The summed E-state index contributed by atoms with van der Waals surface area (Å²) in [4.78, 5) is 13.5. The zero-order valence-electron chi connectivity index (χ0n) is 24.8. The Bertz CT molecular complexity index is 1140. The van der Waals surface area contributed by atoms with Crippen LogP contribution in [0.1, 0.15) is 133 Å². The number of benzene rings is 2. The molecule has 0 amide bonds. The largest absolute Gasteiger partial charge is 0.507 e. The summed E-state index contributed by atoms with van der Waals surface area (Å²) < 4.78 is 12.5. The van der Waals surface area contributed by atoms with Crippen molar-refractivity contribution in [2.45, 2.75) is 111 Å². The van der Waals surface area contributed by atoms with Gasteiger partial charge in [0, 0.05) is 5.56 Å². The summed E-state index contributed by atoms with van der Waals surface area (Å²) in [6, 6.07) is 10.3. The summed E-state index contributed by atoms with van der Waals surface area (Å²) in [5.74, 6) is 3.98. The zero-order chi connectivity index (χ0) is 27.8. The fraction of sp³-hybridized carbons (Fsp3) is 0.618. The zero-order valence-corrected chi connectivity index (χ0v) is 24.8. The number of ether oxygens (including phenoxy) is 2. The first-order valence-electron chi connectivity index (χ1n) is 14.8. The van der Waals surface area contributed by atoms with Gasteiger partial charge in [-0.05, 0) is 104 Å². The molecule has 2 aromatic carbocycles.